The Morgan fingerprint density at radius 3 is 2.36 bits per heavy atom. The van der Waals surface area contributed by atoms with Crippen molar-refractivity contribution in [1.29, 1.82) is 0 Å². The molecule has 4 atom stereocenters. The third-order valence-corrected chi connectivity index (χ3v) is 7.65. The van der Waals surface area contributed by atoms with Crippen molar-refractivity contribution in [2.24, 2.45) is 11.8 Å². The van der Waals surface area contributed by atoms with Gasteiger partial charge in [0.2, 0.25) is 0 Å². The van der Waals surface area contributed by atoms with Crippen LogP contribution in [-0.4, -0.2) is 32.0 Å². The van der Waals surface area contributed by atoms with Gasteiger partial charge in [-0.25, -0.2) is 0 Å². The number of rotatable bonds is 3. The zero-order chi connectivity index (χ0) is 24.4. The van der Waals surface area contributed by atoms with Crippen molar-refractivity contribution >= 4 is 11.0 Å². The number of aromatic nitrogens is 2. The van der Waals surface area contributed by atoms with Crippen LogP contribution in [0, 0.1) is 17.9 Å². The van der Waals surface area contributed by atoms with Gasteiger partial charge in [-0.2, -0.15) is 0 Å². The summed E-state index contributed by atoms with van der Waals surface area (Å²) in [6.07, 6.45) is 4.88. The van der Waals surface area contributed by atoms with E-state index in [9.17, 15) is 10.2 Å². The molecule has 191 valence electrons. The SMILES string of the molecule is CC(C)c1cc[c-]c(-c2nc3ccccc3n2-c2ccccc2)c1.OC1CCCC2CCC(O)C12.[Ir]. The fourth-order valence-electron chi connectivity index (χ4n) is 5.79. The molecule has 2 N–H and O–H groups in total. The summed E-state index contributed by atoms with van der Waals surface area (Å²) in [7, 11) is 0. The number of para-hydroxylation sites is 3. The first kappa shape index (κ1) is 26.8. The van der Waals surface area contributed by atoms with Gasteiger partial charge in [-0.3, -0.25) is 4.98 Å². The van der Waals surface area contributed by atoms with Crippen LogP contribution in [-0.2, 0) is 20.1 Å². The number of fused-ring (bicyclic) bond motifs is 2. The molecule has 2 aliphatic carbocycles. The second kappa shape index (κ2) is 11.8. The van der Waals surface area contributed by atoms with Gasteiger partial charge in [-0.15, -0.1) is 35.4 Å². The van der Waals surface area contributed by atoms with Crippen LogP contribution in [0.2, 0.25) is 0 Å². The first-order valence-electron chi connectivity index (χ1n) is 12.9. The standard InChI is InChI=1S/C22H19N2.C9H16O2.Ir/c1-16(2)17-9-8-10-18(15-17)22-23-20-13-6-7-14-21(20)24(22)19-11-4-3-5-12-19;10-7-3-1-2-6-4-5-8(11)9(6)7;/h3-9,11-16H,1-2H3;6-11H,1-5H2;/q-1;;. The van der Waals surface area contributed by atoms with E-state index in [1.54, 1.807) is 0 Å². The molecule has 2 aliphatic rings. The normalized spacial score (nSPS) is 23.0. The van der Waals surface area contributed by atoms with E-state index < -0.39 is 0 Å². The molecule has 1 heterocycles. The Balaban J connectivity index is 0.000000213. The summed E-state index contributed by atoms with van der Waals surface area (Å²) in [5, 5.41) is 19.1. The molecule has 36 heavy (non-hydrogen) atoms. The average Bonchev–Trinajstić information content (AvgIpc) is 3.47. The maximum absolute atomic E-state index is 9.59. The first-order chi connectivity index (χ1) is 17.0. The van der Waals surface area contributed by atoms with Gasteiger partial charge in [0.05, 0.1) is 29.1 Å². The number of hydrogen-bond donors (Lipinski definition) is 2. The average molecular weight is 660 g/mol. The molecule has 4 nitrogen and oxygen atoms in total. The Kier molecular flexibility index (Phi) is 8.79. The summed E-state index contributed by atoms with van der Waals surface area (Å²) in [6, 6.07) is 28.3. The van der Waals surface area contributed by atoms with Gasteiger partial charge >= 0.3 is 0 Å². The van der Waals surface area contributed by atoms with Gasteiger partial charge in [-0.1, -0.05) is 50.6 Å². The van der Waals surface area contributed by atoms with E-state index >= 15 is 0 Å². The predicted molar refractivity (Wildman–Crippen MR) is 142 cm³/mol. The summed E-state index contributed by atoms with van der Waals surface area (Å²) in [5.74, 6) is 2.25. The molecule has 0 saturated heterocycles. The number of aliphatic hydroxyl groups excluding tert-OH is 2. The van der Waals surface area contributed by atoms with Gasteiger partial charge in [0, 0.05) is 31.7 Å². The molecule has 0 bridgehead atoms. The number of imidazole rings is 1. The molecule has 0 aliphatic heterocycles. The minimum Gasteiger partial charge on any atom is -0.393 e. The zero-order valence-corrected chi connectivity index (χ0v) is 23.4. The molecule has 1 radical (unpaired) electrons. The van der Waals surface area contributed by atoms with E-state index in [4.69, 9.17) is 4.98 Å². The van der Waals surface area contributed by atoms with Crippen molar-refractivity contribution < 1.29 is 30.3 Å². The van der Waals surface area contributed by atoms with Crippen LogP contribution in [0.15, 0.2) is 72.8 Å². The Labute approximate surface area is 227 Å². The van der Waals surface area contributed by atoms with Crippen molar-refractivity contribution in [3.8, 4) is 17.1 Å². The molecule has 0 spiro atoms. The third kappa shape index (κ3) is 5.50. The minimum absolute atomic E-state index is 0. The second-order valence-corrected chi connectivity index (χ2v) is 10.3. The van der Waals surface area contributed by atoms with E-state index in [0.29, 0.717) is 11.8 Å². The number of hydrogen-bond acceptors (Lipinski definition) is 3. The van der Waals surface area contributed by atoms with Crippen LogP contribution in [0.25, 0.3) is 28.1 Å². The Bertz CT molecular complexity index is 1270. The van der Waals surface area contributed by atoms with Gasteiger partial charge < -0.3 is 14.8 Å². The second-order valence-electron chi connectivity index (χ2n) is 10.3. The summed E-state index contributed by atoms with van der Waals surface area (Å²) in [6.45, 7) is 4.42. The van der Waals surface area contributed by atoms with Gasteiger partial charge in [0.15, 0.2) is 0 Å². The number of nitrogens with zero attached hydrogens (tertiary/aromatic N) is 2. The predicted octanol–water partition coefficient (Wildman–Crippen LogP) is 6.53. The third-order valence-electron chi connectivity index (χ3n) is 7.65. The maximum atomic E-state index is 9.59. The van der Waals surface area contributed by atoms with Crippen molar-refractivity contribution in [1.82, 2.24) is 9.55 Å². The Hall–Kier alpha value is -2.30. The van der Waals surface area contributed by atoms with Gasteiger partial charge in [0.1, 0.15) is 0 Å². The van der Waals surface area contributed by atoms with Crippen LogP contribution in [0.5, 0.6) is 0 Å². The molecular weight excluding hydrogens is 625 g/mol. The van der Waals surface area contributed by atoms with Crippen LogP contribution in [0.3, 0.4) is 0 Å². The molecule has 6 rings (SSSR count). The molecule has 3 aromatic carbocycles. The zero-order valence-electron chi connectivity index (χ0n) is 21.0. The largest absolute Gasteiger partial charge is 0.393 e. The summed E-state index contributed by atoms with van der Waals surface area (Å²) in [4.78, 5) is 4.89. The first-order valence-corrected chi connectivity index (χ1v) is 12.9. The minimum atomic E-state index is -0.216. The van der Waals surface area contributed by atoms with Gasteiger partial charge in [0.25, 0.3) is 0 Å². The molecule has 1 aromatic heterocycles. The monoisotopic (exact) mass is 660 g/mol. The van der Waals surface area contributed by atoms with E-state index in [1.807, 2.05) is 18.2 Å². The van der Waals surface area contributed by atoms with Crippen molar-refractivity contribution in [3.05, 3.63) is 84.4 Å². The number of benzene rings is 3. The van der Waals surface area contributed by atoms with E-state index in [2.05, 4.69) is 79.1 Å². The summed E-state index contributed by atoms with van der Waals surface area (Å²) >= 11 is 0. The van der Waals surface area contributed by atoms with Crippen LogP contribution >= 0.6 is 0 Å². The smallest absolute Gasteiger partial charge is 0.0774 e. The molecule has 5 heteroatoms. The Morgan fingerprint density at radius 1 is 0.889 bits per heavy atom. The van der Waals surface area contributed by atoms with Crippen molar-refractivity contribution in [2.75, 3.05) is 0 Å². The molecule has 4 aromatic rings. The van der Waals surface area contributed by atoms with Crippen molar-refractivity contribution in [3.63, 3.8) is 0 Å². The molecule has 2 fully saturated rings. The Morgan fingerprint density at radius 2 is 1.61 bits per heavy atom. The molecule has 4 unspecified atom stereocenters. The van der Waals surface area contributed by atoms with Crippen LogP contribution in [0.4, 0.5) is 0 Å². The van der Waals surface area contributed by atoms with E-state index in [1.165, 1.54) is 12.0 Å². The van der Waals surface area contributed by atoms with Crippen LogP contribution in [0.1, 0.15) is 57.4 Å². The van der Waals surface area contributed by atoms with E-state index in [-0.39, 0.29) is 38.2 Å². The fraction of sp³-hybridized carbons (Fsp3) is 0.387. The van der Waals surface area contributed by atoms with Crippen molar-refractivity contribution in [2.45, 2.75) is 64.1 Å². The van der Waals surface area contributed by atoms with Gasteiger partial charge in [-0.05, 0) is 61.8 Å². The fourth-order valence-corrected chi connectivity index (χ4v) is 5.79. The summed E-state index contributed by atoms with van der Waals surface area (Å²) in [5.41, 5.74) is 5.56. The molecule has 0 amide bonds. The quantitative estimate of drug-likeness (QED) is 0.246. The molecular formula is C31H35IrN2O2-. The topological polar surface area (TPSA) is 58.3 Å². The van der Waals surface area contributed by atoms with E-state index in [0.717, 1.165) is 53.8 Å². The maximum Gasteiger partial charge on any atom is 0.0774 e. The molecule has 2 saturated carbocycles. The van der Waals surface area contributed by atoms with Crippen LogP contribution < -0.4 is 0 Å². The number of aliphatic hydroxyl groups is 2. The summed E-state index contributed by atoms with van der Waals surface area (Å²) < 4.78 is 2.21.